The van der Waals surface area contributed by atoms with Gasteiger partial charge in [-0.2, -0.15) is 4.98 Å². The number of carbonyl (C=O) groups is 1. The van der Waals surface area contributed by atoms with E-state index in [2.05, 4.69) is 4.98 Å². The van der Waals surface area contributed by atoms with Gasteiger partial charge in [0.2, 0.25) is 5.91 Å². The molecule has 29 heavy (non-hydrogen) atoms. The summed E-state index contributed by atoms with van der Waals surface area (Å²) >= 11 is 5.96. The first kappa shape index (κ1) is 19.3. The normalized spacial score (nSPS) is 14.4. The molecule has 1 aromatic carbocycles. The molecule has 1 saturated heterocycles. The van der Waals surface area contributed by atoms with Gasteiger partial charge in [-0.05, 0) is 18.2 Å². The van der Waals surface area contributed by atoms with Crippen molar-refractivity contribution in [1.82, 2.24) is 14.5 Å². The van der Waals surface area contributed by atoms with Crippen molar-refractivity contribution in [3.05, 3.63) is 51.9 Å². The van der Waals surface area contributed by atoms with Crippen LogP contribution in [-0.4, -0.2) is 53.6 Å². The minimum Gasteiger partial charge on any atom is -0.495 e. The van der Waals surface area contributed by atoms with Gasteiger partial charge in [-0.25, -0.2) is 9.18 Å². The molecule has 0 aromatic heterocycles. The lowest BCUT2D eigenvalue weighted by Gasteiger charge is -2.36. The number of amides is 1. The highest BCUT2D eigenvalue weighted by molar-refractivity contribution is 6.32. The molecule has 3 aliphatic heterocycles. The Balaban J connectivity index is 1.43. The molecule has 0 bridgehead atoms. The summed E-state index contributed by atoms with van der Waals surface area (Å²) < 4.78 is 26.0. The third kappa shape index (κ3) is 3.77. The number of halogens is 2. The van der Waals surface area contributed by atoms with E-state index in [4.69, 9.17) is 20.8 Å². The lowest BCUT2D eigenvalue weighted by Crippen LogP contribution is -2.49. The van der Waals surface area contributed by atoms with Crippen LogP contribution >= 0.6 is 11.6 Å². The van der Waals surface area contributed by atoms with Gasteiger partial charge in [-0.3, -0.25) is 4.79 Å². The number of piperazine rings is 1. The van der Waals surface area contributed by atoms with E-state index < -0.39 is 11.6 Å². The number of hydrogen-bond acceptors (Lipinski definition) is 6. The first-order chi connectivity index (χ1) is 14.0. The summed E-state index contributed by atoms with van der Waals surface area (Å²) in [4.78, 5) is 31.4. The van der Waals surface area contributed by atoms with Crippen molar-refractivity contribution in [2.24, 2.45) is 0 Å². The van der Waals surface area contributed by atoms with E-state index in [1.54, 1.807) is 33.9 Å². The summed E-state index contributed by atoms with van der Waals surface area (Å²) in [6.45, 7) is 1.84. The highest BCUT2D eigenvalue weighted by Gasteiger charge is 2.25. The number of hydrogen-bond donors (Lipinski definition) is 0. The zero-order chi connectivity index (χ0) is 20.5. The topological polar surface area (TPSA) is 80.8 Å². The van der Waals surface area contributed by atoms with Crippen LogP contribution in [0.15, 0.2) is 39.7 Å². The van der Waals surface area contributed by atoms with Gasteiger partial charge in [0.1, 0.15) is 18.1 Å². The van der Waals surface area contributed by atoms with E-state index in [1.165, 1.54) is 13.2 Å². The number of benzene rings is 1. The average molecular weight is 421 g/mol. The fraction of sp³-hybridized carbons (Fsp3) is 0.316. The number of aromatic nitrogens is 2. The molecule has 0 N–H and O–H groups in total. The minimum absolute atomic E-state index is 0.0342. The summed E-state index contributed by atoms with van der Waals surface area (Å²) in [5, 5.41) is 0.211. The highest BCUT2D eigenvalue weighted by Crippen LogP contribution is 2.32. The summed E-state index contributed by atoms with van der Waals surface area (Å²) in [6.07, 6.45) is 1.67. The summed E-state index contributed by atoms with van der Waals surface area (Å²) in [5.41, 5.74) is 0.392. The molecule has 1 aromatic rings. The molecule has 0 atom stereocenters. The number of methoxy groups -OCH3 is 1. The molecule has 0 saturated carbocycles. The van der Waals surface area contributed by atoms with Crippen molar-refractivity contribution < 1.29 is 18.3 Å². The van der Waals surface area contributed by atoms with E-state index in [0.717, 1.165) is 0 Å². The highest BCUT2D eigenvalue weighted by atomic mass is 35.5. The molecule has 3 heterocycles. The van der Waals surface area contributed by atoms with Crippen LogP contribution in [0.3, 0.4) is 0 Å². The van der Waals surface area contributed by atoms with Gasteiger partial charge in [-0.1, -0.05) is 11.6 Å². The fourth-order valence-electron chi connectivity index (χ4n) is 3.41. The Morgan fingerprint density at radius 3 is 2.79 bits per heavy atom. The first-order valence-electron chi connectivity index (χ1n) is 8.98. The molecule has 10 heteroatoms. The Hall–Kier alpha value is -3.07. The van der Waals surface area contributed by atoms with Crippen molar-refractivity contribution in [3.8, 4) is 17.3 Å². The second-order valence-corrected chi connectivity index (χ2v) is 7.02. The number of nitrogens with zero attached hydrogens (tertiary/aromatic N) is 4. The Bertz CT molecular complexity index is 1070. The van der Waals surface area contributed by atoms with Gasteiger partial charge in [0, 0.05) is 38.4 Å². The summed E-state index contributed by atoms with van der Waals surface area (Å²) in [5.74, 6) is -0.177. The van der Waals surface area contributed by atoms with Gasteiger partial charge in [0.25, 0.3) is 0 Å². The van der Waals surface area contributed by atoms with Gasteiger partial charge >= 0.3 is 5.76 Å². The van der Waals surface area contributed by atoms with Crippen LogP contribution in [0.25, 0.3) is 11.6 Å². The zero-order valence-electron chi connectivity index (χ0n) is 15.6. The van der Waals surface area contributed by atoms with Crippen LogP contribution in [0.5, 0.6) is 5.75 Å². The SMILES string of the molecule is COc1cc(N2CCN(C(=O)Cn3cccc4oc(=O)nc3-4)CC2)c(F)cc1Cl. The summed E-state index contributed by atoms with van der Waals surface area (Å²) in [6, 6.07) is 6.11. The molecule has 1 amide bonds. The molecule has 0 aliphatic carbocycles. The van der Waals surface area contributed by atoms with Gasteiger partial charge < -0.3 is 23.5 Å². The maximum Gasteiger partial charge on any atom is 0.441 e. The van der Waals surface area contributed by atoms with E-state index in [0.29, 0.717) is 49.2 Å². The predicted molar refractivity (Wildman–Crippen MR) is 104 cm³/mol. The molecule has 1 fully saturated rings. The third-order valence-corrected chi connectivity index (χ3v) is 5.20. The molecule has 152 valence electrons. The van der Waals surface area contributed by atoms with Crippen LogP contribution in [0.1, 0.15) is 0 Å². The molecule has 3 aliphatic rings. The van der Waals surface area contributed by atoms with Crippen LogP contribution in [0.2, 0.25) is 5.02 Å². The first-order valence-corrected chi connectivity index (χ1v) is 9.36. The Morgan fingerprint density at radius 1 is 1.31 bits per heavy atom. The van der Waals surface area contributed by atoms with Gasteiger partial charge in [-0.15, -0.1) is 0 Å². The molecular formula is C19H18ClFN4O4. The molecule has 0 unspecified atom stereocenters. The minimum atomic E-state index is -0.693. The Labute approximate surface area is 170 Å². The number of ether oxygens (including phenoxy) is 1. The Kier molecular flexibility index (Phi) is 5.14. The Morgan fingerprint density at radius 2 is 2.07 bits per heavy atom. The third-order valence-electron chi connectivity index (χ3n) is 4.90. The van der Waals surface area contributed by atoms with Gasteiger partial charge in [0.15, 0.2) is 11.6 Å². The lowest BCUT2D eigenvalue weighted by molar-refractivity contribution is -0.132. The summed E-state index contributed by atoms with van der Waals surface area (Å²) in [7, 11) is 1.47. The lowest BCUT2D eigenvalue weighted by atomic mass is 10.2. The molecular weight excluding hydrogens is 403 g/mol. The molecule has 0 spiro atoms. The van der Waals surface area contributed by atoms with Crippen LogP contribution in [0, 0.1) is 5.82 Å². The monoisotopic (exact) mass is 420 g/mol. The van der Waals surface area contributed by atoms with E-state index in [-0.39, 0.29) is 17.5 Å². The second-order valence-electron chi connectivity index (χ2n) is 6.61. The maximum absolute atomic E-state index is 14.3. The zero-order valence-corrected chi connectivity index (χ0v) is 16.4. The van der Waals surface area contributed by atoms with Crippen molar-refractivity contribution in [2.75, 3.05) is 38.2 Å². The number of oxazole rings is 1. The maximum atomic E-state index is 14.3. The van der Waals surface area contributed by atoms with Crippen LogP contribution < -0.4 is 15.4 Å². The number of anilines is 1. The quantitative estimate of drug-likeness (QED) is 0.643. The molecule has 4 rings (SSSR count). The van der Waals surface area contributed by atoms with Gasteiger partial charge in [0.05, 0.1) is 17.8 Å². The van der Waals surface area contributed by atoms with E-state index in [1.807, 2.05) is 4.90 Å². The number of carbonyl (C=O) groups excluding carboxylic acids is 1. The average Bonchev–Trinajstić information content (AvgIpc) is 3.09. The van der Waals surface area contributed by atoms with E-state index in [9.17, 15) is 14.0 Å². The smallest absolute Gasteiger partial charge is 0.441 e. The standard InChI is InChI=1S/C19H18ClFN4O4/c1-28-16-10-14(13(21)9-12(16)20)23-5-7-24(8-6-23)17(26)11-25-4-2-3-15-18(25)22-19(27)29-15/h2-4,9-10H,5-8,11H2,1H3. The number of pyridine rings is 1. The largest absolute Gasteiger partial charge is 0.495 e. The second kappa shape index (κ2) is 7.75. The van der Waals surface area contributed by atoms with Crippen molar-refractivity contribution in [1.29, 1.82) is 0 Å². The fourth-order valence-corrected chi connectivity index (χ4v) is 3.64. The van der Waals surface area contributed by atoms with E-state index >= 15 is 0 Å². The van der Waals surface area contributed by atoms with Crippen molar-refractivity contribution >= 4 is 23.2 Å². The van der Waals surface area contributed by atoms with Crippen molar-refractivity contribution in [2.45, 2.75) is 6.54 Å². The number of fused-ring (bicyclic) bond motifs is 1. The number of rotatable bonds is 4. The van der Waals surface area contributed by atoms with Crippen molar-refractivity contribution in [3.63, 3.8) is 0 Å². The molecule has 0 radical (unpaired) electrons. The van der Waals surface area contributed by atoms with Crippen LogP contribution in [0.4, 0.5) is 10.1 Å². The predicted octanol–water partition coefficient (Wildman–Crippen LogP) is 2.09. The van der Waals surface area contributed by atoms with Crippen LogP contribution in [-0.2, 0) is 11.3 Å². The molecule has 8 nitrogen and oxygen atoms in total.